The molecule has 144 valence electrons. The monoisotopic (exact) mass is 403 g/mol. The second-order valence-corrected chi connectivity index (χ2v) is 8.37. The first-order valence-electron chi connectivity index (χ1n) is 9.18. The van der Waals surface area contributed by atoms with Crippen molar-refractivity contribution in [2.24, 2.45) is 0 Å². The number of nitrogens with zero attached hydrogens (tertiary/aromatic N) is 4. The van der Waals surface area contributed by atoms with E-state index < -0.39 is 5.25 Å². The summed E-state index contributed by atoms with van der Waals surface area (Å²) >= 11 is 1.07. The minimum absolute atomic E-state index is 0.0165. The Balaban J connectivity index is 1.67. The topological polar surface area (TPSA) is 124 Å². The van der Waals surface area contributed by atoms with E-state index in [0.29, 0.717) is 16.3 Å². The van der Waals surface area contributed by atoms with Crippen molar-refractivity contribution in [2.75, 3.05) is 10.6 Å². The Morgan fingerprint density at radius 3 is 2.38 bits per heavy atom. The normalized spacial score (nSPS) is 18.6. The number of nitrogen functional groups attached to an aromatic ring is 1. The van der Waals surface area contributed by atoms with Gasteiger partial charge in [-0.15, -0.1) is 0 Å². The summed E-state index contributed by atoms with van der Waals surface area (Å²) < 4.78 is 0. The molecule has 1 aliphatic carbocycles. The van der Waals surface area contributed by atoms with Crippen LogP contribution in [0.15, 0.2) is 29.3 Å². The van der Waals surface area contributed by atoms with E-state index in [1.165, 1.54) is 4.90 Å². The lowest BCUT2D eigenvalue weighted by Crippen LogP contribution is -2.31. The first kappa shape index (κ1) is 19.0. The second-order valence-electron chi connectivity index (χ2n) is 7.18. The van der Waals surface area contributed by atoms with E-state index in [9.17, 15) is 20.1 Å². The Bertz CT molecular complexity index is 1110. The molecule has 8 heteroatoms. The lowest BCUT2D eigenvalue weighted by molar-refractivity contribution is -0.121. The SMILES string of the molecule is Cc1ccc(N2C(=O)CC(Sc3nc(N)c(C#N)c(C4CC4)c3C#N)C2=O)cc1. The lowest BCUT2D eigenvalue weighted by atomic mass is 10.0. The van der Waals surface area contributed by atoms with Crippen LogP contribution in [0.4, 0.5) is 11.5 Å². The number of carbonyl (C=O) groups is 2. The number of hydrogen-bond donors (Lipinski definition) is 1. The summed E-state index contributed by atoms with van der Waals surface area (Å²) in [5, 5.41) is 18.8. The Kier molecular flexibility index (Phi) is 4.73. The van der Waals surface area contributed by atoms with E-state index >= 15 is 0 Å². The van der Waals surface area contributed by atoms with Crippen molar-refractivity contribution >= 4 is 35.1 Å². The molecule has 1 aliphatic heterocycles. The smallest absolute Gasteiger partial charge is 0.247 e. The standard InChI is InChI=1S/C21H17N5O2S/c1-11-2-6-13(7-3-11)26-17(27)8-16(21(26)28)29-20-15(10-23)18(12-4-5-12)14(9-22)19(24)25-20/h2-3,6-7,12,16H,4-5,8H2,1H3,(H2,24,25). The average Bonchev–Trinajstić information content (AvgIpc) is 3.49. The van der Waals surface area contributed by atoms with Gasteiger partial charge in [0.15, 0.2) is 0 Å². The van der Waals surface area contributed by atoms with Gasteiger partial charge in [-0.2, -0.15) is 10.5 Å². The number of nitrogens with two attached hydrogens (primary N) is 1. The highest BCUT2D eigenvalue weighted by Crippen LogP contribution is 2.46. The van der Waals surface area contributed by atoms with Crippen LogP contribution in [0.3, 0.4) is 0 Å². The highest BCUT2D eigenvalue weighted by Gasteiger charge is 2.41. The number of hydrogen-bond acceptors (Lipinski definition) is 7. The van der Waals surface area contributed by atoms with Crippen LogP contribution in [0.1, 0.15) is 47.4 Å². The third kappa shape index (κ3) is 3.32. The van der Waals surface area contributed by atoms with Gasteiger partial charge in [-0.25, -0.2) is 9.88 Å². The Labute approximate surface area is 172 Å². The van der Waals surface area contributed by atoms with E-state index in [1.807, 2.05) is 19.1 Å². The predicted octanol–water partition coefficient (Wildman–Crippen LogP) is 3.02. The fraction of sp³-hybridized carbons (Fsp3) is 0.286. The Hall–Kier alpha value is -3.36. The Morgan fingerprint density at radius 1 is 1.14 bits per heavy atom. The number of rotatable bonds is 4. The van der Waals surface area contributed by atoms with Gasteiger partial charge in [-0.3, -0.25) is 9.59 Å². The van der Waals surface area contributed by atoms with Crippen LogP contribution in [0.25, 0.3) is 0 Å². The number of nitriles is 2. The van der Waals surface area contributed by atoms with Gasteiger partial charge in [0, 0.05) is 6.42 Å². The van der Waals surface area contributed by atoms with Gasteiger partial charge >= 0.3 is 0 Å². The molecule has 0 radical (unpaired) electrons. The molecular weight excluding hydrogens is 386 g/mol. The molecule has 1 saturated heterocycles. The van der Waals surface area contributed by atoms with Crippen molar-refractivity contribution in [1.29, 1.82) is 10.5 Å². The third-order valence-corrected chi connectivity index (χ3v) is 6.26. The van der Waals surface area contributed by atoms with E-state index in [1.54, 1.807) is 12.1 Å². The Morgan fingerprint density at radius 2 is 1.79 bits per heavy atom. The van der Waals surface area contributed by atoms with Crippen molar-refractivity contribution in [3.63, 3.8) is 0 Å². The summed E-state index contributed by atoms with van der Waals surface area (Å²) in [6.07, 6.45) is 1.79. The van der Waals surface area contributed by atoms with Crippen molar-refractivity contribution in [1.82, 2.24) is 4.98 Å². The molecule has 1 aromatic carbocycles. The van der Waals surface area contributed by atoms with Gasteiger partial charge in [0.2, 0.25) is 11.8 Å². The van der Waals surface area contributed by atoms with Crippen molar-refractivity contribution < 1.29 is 9.59 Å². The highest BCUT2D eigenvalue weighted by molar-refractivity contribution is 8.00. The maximum absolute atomic E-state index is 12.9. The fourth-order valence-corrected chi connectivity index (χ4v) is 4.61. The van der Waals surface area contributed by atoms with Crippen LogP contribution in [-0.2, 0) is 9.59 Å². The maximum Gasteiger partial charge on any atom is 0.247 e. The lowest BCUT2D eigenvalue weighted by Gasteiger charge is -2.16. The average molecular weight is 403 g/mol. The van der Waals surface area contributed by atoms with Gasteiger partial charge in [-0.1, -0.05) is 29.5 Å². The largest absolute Gasteiger partial charge is 0.383 e. The number of anilines is 2. The third-order valence-electron chi connectivity index (χ3n) is 5.09. The summed E-state index contributed by atoms with van der Waals surface area (Å²) in [6.45, 7) is 1.93. The van der Waals surface area contributed by atoms with Gasteiger partial charge in [0.05, 0.1) is 22.1 Å². The van der Waals surface area contributed by atoms with Crippen molar-refractivity contribution in [3.8, 4) is 12.1 Å². The van der Waals surface area contributed by atoms with Crippen LogP contribution in [0.2, 0.25) is 0 Å². The van der Waals surface area contributed by atoms with E-state index in [2.05, 4.69) is 17.1 Å². The van der Waals surface area contributed by atoms with Crippen LogP contribution < -0.4 is 10.6 Å². The molecule has 2 heterocycles. The number of amides is 2. The predicted molar refractivity (Wildman–Crippen MR) is 108 cm³/mol. The molecule has 2 aliphatic rings. The minimum Gasteiger partial charge on any atom is -0.383 e. The molecule has 2 fully saturated rings. The van der Waals surface area contributed by atoms with Gasteiger partial charge < -0.3 is 5.73 Å². The van der Waals surface area contributed by atoms with Gasteiger partial charge in [-0.05, 0) is 43.4 Å². The zero-order valence-electron chi connectivity index (χ0n) is 15.7. The maximum atomic E-state index is 12.9. The molecule has 4 rings (SSSR count). The van der Waals surface area contributed by atoms with E-state index in [4.69, 9.17) is 5.73 Å². The molecule has 7 nitrogen and oxygen atoms in total. The first-order chi connectivity index (χ1) is 13.9. The zero-order valence-corrected chi connectivity index (χ0v) is 16.5. The molecule has 1 aromatic heterocycles. The highest BCUT2D eigenvalue weighted by atomic mass is 32.2. The molecule has 1 atom stereocenters. The molecule has 2 N–H and O–H groups in total. The number of pyridine rings is 1. The van der Waals surface area contributed by atoms with Crippen LogP contribution in [-0.4, -0.2) is 22.0 Å². The summed E-state index contributed by atoms with van der Waals surface area (Å²) in [6, 6.07) is 11.3. The molecule has 1 saturated carbocycles. The number of aryl methyl sites for hydroxylation is 1. The first-order valence-corrected chi connectivity index (χ1v) is 10.1. The van der Waals surface area contributed by atoms with Crippen molar-refractivity contribution in [3.05, 3.63) is 46.5 Å². The summed E-state index contributed by atoms with van der Waals surface area (Å²) in [7, 11) is 0. The molecule has 0 spiro atoms. The molecule has 1 unspecified atom stereocenters. The zero-order chi connectivity index (χ0) is 20.7. The molecular formula is C21H17N5O2S. The van der Waals surface area contributed by atoms with Crippen LogP contribution in [0.5, 0.6) is 0 Å². The van der Waals surface area contributed by atoms with Crippen molar-refractivity contribution in [2.45, 2.75) is 42.4 Å². The number of thioether (sulfide) groups is 1. The minimum atomic E-state index is -0.692. The van der Waals surface area contributed by atoms with Gasteiger partial charge in [0.1, 0.15) is 23.0 Å². The number of benzene rings is 1. The molecule has 0 bridgehead atoms. The summed E-state index contributed by atoms with van der Waals surface area (Å²) in [5.41, 5.74) is 8.68. The van der Waals surface area contributed by atoms with E-state index in [0.717, 1.165) is 30.2 Å². The molecule has 2 aromatic rings. The number of aromatic nitrogens is 1. The summed E-state index contributed by atoms with van der Waals surface area (Å²) in [5.74, 6) is -0.457. The number of imide groups is 1. The summed E-state index contributed by atoms with van der Waals surface area (Å²) in [4.78, 5) is 30.9. The van der Waals surface area contributed by atoms with E-state index in [-0.39, 0.29) is 41.1 Å². The van der Waals surface area contributed by atoms with Crippen LogP contribution >= 0.6 is 11.8 Å². The molecule has 29 heavy (non-hydrogen) atoms. The second kappa shape index (κ2) is 7.23. The number of carbonyl (C=O) groups excluding carboxylic acids is 2. The quantitative estimate of drug-likeness (QED) is 0.778. The molecule has 2 amide bonds. The fourth-order valence-electron chi connectivity index (χ4n) is 3.49. The van der Waals surface area contributed by atoms with Gasteiger partial charge in [0.25, 0.3) is 0 Å². The van der Waals surface area contributed by atoms with Crippen LogP contribution in [0, 0.1) is 29.6 Å².